The Morgan fingerprint density at radius 2 is 2.00 bits per heavy atom. The van der Waals surface area contributed by atoms with E-state index in [1.807, 2.05) is 12.1 Å². The Kier molecular flexibility index (Phi) is 5.19. The smallest absolute Gasteiger partial charge is 0.124 e. The molecule has 0 aliphatic carbocycles. The Labute approximate surface area is 92.6 Å². The quantitative estimate of drug-likeness (QED) is 0.773. The summed E-state index contributed by atoms with van der Waals surface area (Å²) in [5, 5.41) is 3.40. The highest BCUT2D eigenvalue weighted by Gasteiger charge is 2.09. The van der Waals surface area contributed by atoms with Crippen molar-refractivity contribution >= 4 is 0 Å². The fraction of sp³-hybridized carbons (Fsp3) is 0.538. The maximum Gasteiger partial charge on any atom is 0.124 e. The van der Waals surface area contributed by atoms with E-state index in [0.29, 0.717) is 6.04 Å². The van der Waals surface area contributed by atoms with E-state index in [9.17, 15) is 0 Å². The first-order valence-electron chi connectivity index (χ1n) is 5.74. The van der Waals surface area contributed by atoms with Crippen LogP contribution in [0, 0.1) is 0 Å². The summed E-state index contributed by atoms with van der Waals surface area (Å²) in [5.74, 6) is 1.01. The summed E-state index contributed by atoms with van der Waals surface area (Å²) in [4.78, 5) is 0. The molecule has 0 spiro atoms. The van der Waals surface area contributed by atoms with Gasteiger partial charge in [0.2, 0.25) is 0 Å². The SMILES string of the molecule is CCCOc1ccccc1C(C)NCC. The van der Waals surface area contributed by atoms with E-state index in [1.165, 1.54) is 5.56 Å². The summed E-state index contributed by atoms with van der Waals surface area (Å²) in [5.41, 5.74) is 1.24. The van der Waals surface area contributed by atoms with Crippen LogP contribution in [0.15, 0.2) is 24.3 Å². The van der Waals surface area contributed by atoms with Crippen LogP contribution in [0.1, 0.15) is 38.8 Å². The Morgan fingerprint density at radius 3 is 2.67 bits per heavy atom. The number of nitrogens with one attached hydrogen (secondary N) is 1. The van der Waals surface area contributed by atoms with Crippen molar-refractivity contribution in [2.24, 2.45) is 0 Å². The summed E-state index contributed by atoms with van der Waals surface area (Å²) in [6.45, 7) is 8.17. The molecule has 0 aromatic heterocycles. The van der Waals surface area contributed by atoms with Crippen LogP contribution in [0.25, 0.3) is 0 Å². The van der Waals surface area contributed by atoms with Gasteiger partial charge in [-0.15, -0.1) is 0 Å². The average molecular weight is 207 g/mol. The number of benzene rings is 1. The third kappa shape index (κ3) is 3.56. The fourth-order valence-corrected chi connectivity index (χ4v) is 1.60. The summed E-state index contributed by atoms with van der Waals surface area (Å²) in [7, 11) is 0. The molecule has 0 heterocycles. The van der Waals surface area contributed by atoms with Crippen LogP contribution in [0.2, 0.25) is 0 Å². The lowest BCUT2D eigenvalue weighted by molar-refractivity contribution is 0.311. The van der Waals surface area contributed by atoms with Gasteiger partial charge in [-0.05, 0) is 26.0 Å². The standard InChI is InChI=1S/C13H21NO/c1-4-10-15-13-9-7-6-8-12(13)11(3)14-5-2/h6-9,11,14H,4-5,10H2,1-3H3. The van der Waals surface area contributed by atoms with Gasteiger partial charge in [0.25, 0.3) is 0 Å². The minimum absolute atomic E-state index is 0.350. The second kappa shape index (κ2) is 6.46. The molecule has 0 saturated heterocycles. The van der Waals surface area contributed by atoms with Crippen molar-refractivity contribution in [3.05, 3.63) is 29.8 Å². The molecule has 1 rings (SSSR count). The molecule has 0 aliphatic rings. The lowest BCUT2D eigenvalue weighted by atomic mass is 10.1. The Morgan fingerprint density at radius 1 is 1.27 bits per heavy atom. The van der Waals surface area contributed by atoms with Gasteiger partial charge < -0.3 is 10.1 Å². The van der Waals surface area contributed by atoms with Crippen molar-refractivity contribution < 1.29 is 4.74 Å². The normalized spacial score (nSPS) is 12.5. The molecule has 0 aliphatic heterocycles. The van der Waals surface area contributed by atoms with E-state index >= 15 is 0 Å². The van der Waals surface area contributed by atoms with Gasteiger partial charge in [-0.2, -0.15) is 0 Å². The zero-order valence-corrected chi connectivity index (χ0v) is 9.92. The molecular weight excluding hydrogens is 186 g/mol. The highest BCUT2D eigenvalue weighted by atomic mass is 16.5. The van der Waals surface area contributed by atoms with Crippen molar-refractivity contribution in [1.82, 2.24) is 5.32 Å². The minimum atomic E-state index is 0.350. The van der Waals surface area contributed by atoms with Gasteiger partial charge in [-0.25, -0.2) is 0 Å². The van der Waals surface area contributed by atoms with Crippen molar-refractivity contribution in [3.8, 4) is 5.75 Å². The second-order valence-electron chi connectivity index (χ2n) is 3.67. The van der Waals surface area contributed by atoms with E-state index in [1.54, 1.807) is 0 Å². The topological polar surface area (TPSA) is 21.3 Å². The van der Waals surface area contributed by atoms with E-state index in [0.717, 1.165) is 25.3 Å². The number of hydrogen-bond donors (Lipinski definition) is 1. The number of para-hydroxylation sites is 1. The van der Waals surface area contributed by atoms with E-state index in [-0.39, 0.29) is 0 Å². The number of ether oxygens (including phenoxy) is 1. The molecule has 2 nitrogen and oxygen atoms in total. The summed E-state index contributed by atoms with van der Waals surface area (Å²) in [6.07, 6.45) is 1.05. The maximum absolute atomic E-state index is 5.71. The van der Waals surface area contributed by atoms with Gasteiger partial charge in [0.05, 0.1) is 6.61 Å². The lowest BCUT2D eigenvalue weighted by Gasteiger charge is -2.17. The summed E-state index contributed by atoms with van der Waals surface area (Å²) < 4.78 is 5.71. The van der Waals surface area contributed by atoms with E-state index < -0.39 is 0 Å². The first kappa shape index (κ1) is 12.1. The molecule has 0 amide bonds. The van der Waals surface area contributed by atoms with Crippen molar-refractivity contribution in [1.29, 1.82) is 0 Å². The molecule has 0 bridgehead atoms. The Hall–Kier alpha value is -1.02. The fourth-order valence-electron chi connectivity index (χ4n) is 1.60. The first-order chi connectivity index (χ1) is 7.29. The van der Waals surface area contributed by atoms with Crippen molar-refractivity contribution in [2.45, 2.75) is 33.2 Å². The van der Waals surface area contributed by atoms with Crippen LogP contribution in [-0.2, 0) is 0 Å². The third-order valence-corrected chi connectivity index (χ3v) is 2.36. The first-order valence-corrected chi connectivity index (χ1v) is 5.74. The van der Waals surface area contributed by atoms with Crippen molar-refractivity contribution in [2.75, 3.05) is 13.2 Å². The predicted molar refractivity (Wildman–Crippen MR) is 64.3 cm³/mol. The highest BCUT2D eigenvalue weighted by Crippen LogP contribution is 2.24. The molecular formula is C13H21NO. The molecule has 1 aromatic carbocycles. The maximum atomic E-state index is 5.71. The molecule has 1 aromatic rings. The number of hydrogen-bond acceptors (Lipinski definition) is 2. The molecule has 1 unspecified atom stereocenters. The van der Waals surface area contributed by atoms with Gasteiger partial charge in [0.15, 0.2) is 0 Å². The van der Waals surface area contributed by atoms with Crippen LogP contribution < -0.4 is 10.1 Å². The summed E-state index contributed by atoms with van der Waals surface area (Å²) in [6, 6.07) is 8.59. The molecule has 0 radical (unpaired) electrons. The largest absolute Gasteiger partial charge is 0.493 e. The molecule has 0 saturated carbocycles. The van der Waals surface area contributed by atoms with Crippen LogP contribution in [0.3, 0.4) is 0 Å². The Bertz CT molecular complexity index is 286. The van der Waals surface area contributed by atoms with Crippen LogP contribution in [-0.4, -0.2) is 13.2 Å². The highest BCUT2D eigenvalue weighted by molar-refractivity contribution is 5.35. The molecule has 0 fully saturated rings. The minimum Gasteiger partial charge on any atom is -0.493 e. The van der Waals surface area contributed by atoms with Gasteiger partial charge in [-0.1, -0.05) is 32.0 Å². The van der Waals surface area contributed by atoms with E-state index in [2.05, 4.69) is 38.2 Å². The van der Waals surface area contributed by atoms with Crippen LogP contribution in [0.4, 0.5) is 0 Å². The van der Waals surface area contributed by atoms with Gasteiger partial charge in [-0.3, -0.25) is 0 Å². The third-order valence-electron chi connectivity index (χ3n) is 2.36. The molecule has 84 valence electrons. The zero-order valence-electron chi connectivity index (χ0n) is 9.92. The molecule has 2 heteroatoms. The molecule has 15 heavy (non-hydrogen) atoms. The second-order valence-corrected chi connectivity index (χ2v) is 3.67. The van der Waals surface area contributed by atoms with Crippen molar-refractivity contribution in [3.63, 3.8) is 0 Å². The average Bonchev–Trinajstić information content (AvgIpc) is 2.27. The Balaban J connectivity index is 2.75. The van der Waals surface area contributed by atoms with Gasteiger partial charge >= 0.3 is 0 Å². The predicted octanol–water partition coefficient (Wildman–Crippen LogP) is 3.15. The van der Waals surface area contributed by atoms with E-state index in [4.69, 9.17) is 4.74 Å². The number of rotatable bonds is 6. The van der Waals surface area contributed by atoms with Crippen LogP contribution >= 0.6 is 0 Å². The lowest BCUT2D eigenvalue weighted by Crippen LogP contribution is -2.18. The molecule has 1 N–H and O–H groups in total. The van der Waals surface area contributed by atoms with Gasteiger partial charge in [0, 0.05) is 11.6 Å². The summed E-state index contributed by atoms with van der Waals surface area (Å²) >= 11 is 0. The molecule has 1 atom stereocenters. The van der Waals surface area contributed by atoms with Gasteiger partial charge in [0.1, 0.15) is 5.75 Å². The van der Waals surface area contributed by atoms with Crippen LogP contribution in [0.5, 0.6) is 5.75 Å². The monoisotopic (exact) mass is 207 g/mol. The zero-order chi connectivity index (χ0) is 11.1.